The van der Waals surface area contributed by atoms with Gasteiger partial charge >= 0.3 is 0 Å². The standard InChI is InChI=1S/C11H22O2S/c1-4-5-8-11(2,3)10-7-6-9-14(10,12)13/h10H,4-9H2,1-3H3. The van der Waals surface area contributed by atoms with Crippen LogP contribution >= 0.6 is 0 Å². The summed E-state index contributed by atoms with van der Waals surface area (Å²) >= 11 is 0. The molecular weight excluding hydrogens is 196 g/mol. The predicted molar refractivity (Wildman–Crippen MR) is 60.1 cm³/mol. The molecule has 1 saturated heterocycles. The maximum atomic E-state index is 11.8. The number of rotatable bonds is 4. The molecule has 0 amide bonds. The van der Waals surface area contributed by atoms with Crippen molar-refractivity contribution in [2.75, 3.05) is 5.75 Å². The Morgan fingerprint density at radius 3 is 2.43 bits per heavy atom. The molecule has 1 atom stereocenters. The second kappa shape index (κ2) is 4.21. The molecule has 0 saturated carbocycles. The quantitative estimate of drug-likeness (QED) is 0.727. The third-order valence-electron chi connectivity index (χ3n) is 3.37. The van der Waals surface area contributed by atoms with Crippen LogP contribution in [0.25, 0.3) is 0 Å². The molecule has 0 aromatic heterocycles. The molecule has 3 heteroatoms. The van der Waals surface area contributed by atoms with Gasteiger partial charge in [0, 0.05) is 0 Å². The lowest BCUT2D eigenvalue weighted by Crippen LogP contribution is -2.33. The zero-order chi connectivity index (χ0) is 10.8. The van der Waals surface area contributed by atoms with Crippen LogP contribution < -0.4 is 0 Å². The van der Waals surface area contributed by atoms with Gasteiger partial charge in [-0.3, -0.25) is 0 Å². The van der Waals surface area contributed by atoms with Crippen molar-refractivity contribution in [1.29, 1.82) is 0 Å². The third kappa shape index (κ3) is 2.50. The first-order valence-electron chi connectivity index (χ1n) is 5.62. The van der Waals surface area contributed by atoms with Crippen LogP contribution in [0.2, 0.25) is 0 Å². The molecule has 0 aromatic rings. The van der Waals surface area contributed by atoms with E-state index >= 15 is 0 Å². The molecular formula is C11H22O2S. The first-order chi connectivity index (χ1) is 6.40. The van der Waals surface area contributed by atoms with Gasteiger partial charge in [-0.25, -0.2) is 8.42 Å². The van der Waals surface area contributed by atoms with Crippen molar-refractivity contribution in [2.45, 2.75) is 58.1 Å². The van der Waals surface area contributed by atoms with Crippen LogP contribution in [0.5, 0.6) is 0 Å². The first kappa shape index (κ1) is 12.0. The number of unbranched alkanes of at least 4 members (excludes halogenated alkanes) is 1. The number of sulfone groups is 1. The molecule has 0 aliphatic carbocycles. The molecule has 1 unspecified atom stereocenters. The van der Waals surface area contributed by atoms with Gasteiger partial charge in [-0.05, 0) is 24.7 Å². The molecule has 84 valence electrons. The van der Waals surface area contributed by atoms with E-state index in [1.165, 1.54) is 0 Å². The predicted octanol–water partition coefficient (Wildman–Crippen LogP) is 2.78. The van der Waals surface area contributed by atoms with Crippen LogP contribution in [0.15, 0.2) is 0 Å². The van der Waals surface area contributed by atoms with E-state index in [9.17, 15) is 8.42 Å². The summed E-state index contributed by atoms with van der Waals surface area (Å²) in [6, 6.07) is 0. The van der Waals surface area contributed by atoms with Gasteiger partial charge in [-0.15, -0.1) is 0 Å². The minimum atomic E-state index is -2.78. The average molecular weight is 218 g/mol. The maximum absolute atomic E-state index is 11.8. The van der Waals surface area contributed by atoms with E-state index in [1.54, 1.807) is 0 Å². The lowest BCUT2D eigenvalue weighted by molar-refractivity contribution is 0.299. The fourth-order valence-electron chi connectivity index (χ4n) is 2.46. The highest BCUT2D eigenvalue weighted by molar-refractivity contribution is 7.92. The Labute approximate surface area is 88.0 Å². The Morgan fingerprint density at radius 1 is 1.36 bits per heavy atom. The minimum Gasteiger partial charge on any atom is -0.229 e. The van der Waals surface area contributed by atoms with E-state index in [2.05, 4.69) is 20.8 Å². The Bertz CT molecular complexity index is 278. The van der Waals surface area contributed by atoms with E-state index in [0.29, 0.717) is 5.75 Å². The summed E-state index contributed by atoms with van der Waals surface area (Å²) in [7, 11) is -2.78. The summed E-state index contributed by atoms with van der Waals surface area (Å²) in [5, 5.41) is -0.0819. The molecule has 1 aliphatic rings. The summed E-state index contributed by atoms with van der Waals surface area (Å²) < 4.78 is 23.5. The van der Waals surface area contributed by atoms with Crippen LogP contribution in [0.4, 0.5) is 0 Å². The second-order valence-electron chi connectivity index (χ2n) is 5.09. The molecule has 2 nitrogen and oxygen atoms in total. The van der Waals surface area contributed by atoms with Crippen molar-refractivity contribution in [3.8, 4) is 0 Å². The Kier molecular flexibility index (Phi) is 3.62. The third-order valence-corrected chi connectivity index (χ3v) is 5.97. The van der Waals surface area contributed by atoms with E-state index < -0.39 is 9.84 Å². The van der Waals surface area contributed by atoms with Crippen LogP contribution in [0, 0.1) is 5.41 Å². The Balaban J connectivity index is 2.71. The van der Waals surface area contributed by atoms with Gasteiger partial charge in [0.15, 0.2) is 9.84 Å². The van der Waals surface area contributed by atoms with Crippen LogP contribution in [0.3, 0.4) is 0 Å². The monoisotopic (exact) mass is 218 g/mol. The van der Waals surface area contributed by atoms with Crippen molar-refractivity contribution < 1.29 is 8.42 Å². The smallest absolute Gasteiger partial charge is 0.153 e. The molecule has 14 heavy (non-hydrogen) atoms. The second-order valence-corrected chi connectivity index (χ2v) is 7.39. The van der Waals surface area contributed by atoms with Crippen LogP contribution in [0.1, 0.15) is 52.9 Å². The van der Waals surface area contributed by atoms with Crippen molar-refractivity contribution in [2.24, 2.45) is 5.41 Å². The molecule has 1 rings (SSSR count). The van der Waals surface area contributed by atoms with Gasteiger partial charge in [0.1, 0.15) is 0 Å². The molecule has 0 aromatic carbocycles. The molecule has 1 aliphatic heterocycles. The summed E-state index contributed by atoms with van der Waals surface area (Å²) in [6.07, 6.45) is 5.06. The molecule has 1 heterocycles. The van der Waals surface area contributed by atoms with E-state index in [4.69, 9.17) is 0 Å². The lowest BCUT2D eigenvalue weighted by atomic mass is 9.82. The van der Waals surface area contributed by atoms with Gasteiger partial charge in [-0.1, -0.05) is 33.6 Å². The van der Waals surface area contributed by atoms with Gasteiger partial charge in [0.25, 0.3) is 0 Å². The van der Waals surface area contributed by atoms with Crippen molar-refractivity contribution >= 4 is 9.84 Å². The Morgan fingerprint density at radius 2 is 2.00 bits per heavy atom. The van der Waals surface area contributed by atoms with Crippen LogP contribution in [-0.2, 0) is 9.84 Å². The fourth-order valence-corrected chi connectivity index (χ4v) is 4.93. The summed E-state index contributed by atoms with van der Waals surface area (Å²) in [5.41, 5.74) is -0.0225. The largest absolute Gasteiger partial charge is 0.229 e. The highest BCUT2D eigenvalue weighted by Gasteiger charge is 2.41. The zero-order valence-corrected chi connectivity index (χ0v) is 10.4. The molecule has 0 bridgehead atoms. The first-order valence-corrected chi connectivity index (χ1v) is 7.33. The number of hydrogen-bond donors (Lipinski definition) is 0. The fraction of sp³-hybridized carbons (Fsp3) is 1.00. The summed E-state index contributed by atoms with van der Waals surface area (Å²) in [6.45, 7) is 6.37. The molecule has 0 radical (unpaired) electrons. The SMILES string of the molecule is CCCCC(C)(C)C1CCCS1(=O)=O. The van der Waals surface area contributed by atoms with E-state index in [-0.39, 0.29) is 10.7 Å². The minimum absolute atomic E-state index is 0.0225. The molecule has 1 fully saturated rings. The average Bonchev–Trinajstić information content (AvgIpc) is 2.42. The van der Waals surface area contributed by atoms with Crippen LogP contribution in [-0.4, -0.2) is 19.4 Å². The molecule has 0 spiro atoms. The zero-order valence-electron chi connectivity index (χ0n) is 9.54. The van der Waals surface area contributed by atoms with Gasteiger partial charge in [0.05, 0.1) is 11.0 Å². The van der Waals surface area contributed by atoms with Gasteiger partial charge < -0.3 is 0 Å². The normalized spacial score (nSPS) is 26.6. The van der Waals surface area contributed by atoms with Gasteiger partial charge in [-0.2, -0.15) is 0 Å². The number of hydrogen-bond acceptors (Lipinski definition) is 2. The van der Waals surface area contributed by atoms with Crippen molar-refractivity contribution in [3.05, 3.63) is 0 Å². The highest BCUT2D eigenvalue weighted by Crippen LogP contribution is 2.38. The van der Waals surface area contributed by atoms with E-state index in [1.807, 2.05) is 0 Å². The Hall–Kier alpha value is -0.0500. The van der Waals surface area contributed by atoms with Gasteiger partial charge in [0.2, 0.25) is 0 Å². The lowest BCUT2D eigenvalue weighted by Gasteiger charge is -2.30. The van der Waals surface area contributed by atoms with Crippen molar-refractivity contribution in [3.63, 3.8) is 0 Å². The summed E-state index contributed by atoms with van der Waals surface area (Å²) in [4.78, 5) is 0. The molecule has 0 N–H and O–H groups in total. The maximum Gasteiger partial charge on any atom is 0.153 e. The topological polar surface area (TPSA) is 34.1 Å². The summed E-state index contributed by atoms with van der Waals surface area (Å²) in [5.74, 6) is 0.410. The highest BCUT2D eigenvalue weighted by atomic mass is 32.2. The van der Waals surface area contributed by atoms with Crippen molar-refractivity contribution in [1.82, 2.24) is 0 Å². The van der Waals surface area contributed by atoms with E-state index in [0.717, 1.165) is 32.1 Å².